The van der Waals surface area contributed by atoms with Gasteiger partial charge in [0.15, 0.2) is 6.10 Å². The summed E-state index contributed by atoms with van der Waals surface area (Å²) in [7, 11) is -2.68. The van der Waals surface area contributed by atoms with Crippen LogP contribution in [0.25, 0.3) is 0 Å². The van der Waals surface area contributed by atoms with Crippen molar-refractivity contribution in [1.29, 1.82) is 0 Å². The molecule has 0 aliphatic rings. The number of carbonyl (C=O) groups is 2. The number of nitrogens with one attached hydrogen (secondary N) is 1. The van der Waals surface area contributed by atoms with Crippen molar-refractivity contribution in [3.05, 3.63) is 85.1 Å². The Hall–Kier alpha value is -2.81. The van der Waals surface area contributed by atoms with Crippen LogP contribution in [0, 0.1) is 0 Å². The highest BCUT2D eigenvalue weighted by Crippen LogP contribution is 2.43. The molecular formula is C42H70NO8P. The smallest absolute Gasteiger partial charge is 0.462 e. The van der Waals surface area contributed by atoms with Gasteiger partial charge in [-0.1, -0.05) is 131 Å². The summed E-state index contributed by atoms with van der Waals surface area (Å²) < 4.78 is 33.0. The Balaban J connectivity index is 4.42. The lowest BCUT2D eigenvalue weighted by molar-refractivity contribution is -0.161. The van der Waals surface area contributed by atoms with Crippen LogP contribution >= 0.6 is 7.82 Å². The normalized spacial score (nSPS) is 14.3. The van der Waals surface area contributed by atoms with E-state index in [2.05, 4.69) is 92.1 Å². The Morgan fingerprint density at radius 1 is 0.615 bits per heavy atom. The van der Waals surface area contributed by atoms with E-state index in [1.807, 2.05) is 12.2 Å². The van der Waals surface area contributed by atoms with E-state index in [9.17, 15) is 19.0 Å². The van der Waals surface area contributed by atoms with E-state index in [-0.39, 0.29) is 26.1 Å². The van der Waals surface area contributed by atoms with Gasteiger partial charge in [0.1, 0.15) is 6.61 Å². The molecule has 0 rings (SSSR count). The van der Waals surface area contributed by atoms with Crippen LogP contribution in [0.2, 0.25) is 0 Å². The van der Waals surface area contributed by atoms with E-state index < -0.39 is 32.5 Å². The van der Waals surface area contributed by atoms with E-state index in [1.165, 1.54) is 12.8 Å². The topological polar surface area (TPSA) is 120 Å². The molecule has 2 N–H and O–H groups in total. The molecule has 0 fully saturated rings. The molecule has 0 heterocycles. The molecule has 0 aromatic heterocycles. The Morgan fingerprint density at radius 2 is 1.13 bits per heavy atom. The summed E-state index contributed by atoms with van der Waals surface area (Å²) in [6.07, 6.45) is 45.0. The number of esters is 2. The molecule has 52 heavy (non-hydrogen) atoms. The molecule has 0 aliphatic heterocycles. The Labute approximate surface area is 316 Å². The fraction of sp³-hybridized carbons (Fsp3) is 0.619. The number of ether oxygens (including phenoxy) is 2. The maximum Gasteiger partial charge on any atom is 0.472 e. The van der Waals surface area contributed by atoms with Crippen molar-refractivity contribution >= 4 is 19.8 Å². The lowest BCUT2D eigenvalue weighted by Crippen LogP contribution is -2.29. The highest BCUT2D eigenvalue weighted by molar-refractivity contribution is 7.47. The summed E-state index contributed by atoms with van der Waals surface area (Å²) in [5.74, 6) is -0.927. The van der Waals surface area contributed by atoms with Gasteiger partial charge in [-0.15, -0.1) is 0 Å². The molecule has 2 atom stereocenters. The summed E-state index contributed by atoms with van der Waals surface area (Å²) in [5.41, 5.74) is 0. The monoisotopic (exact) mass is 747 g/mol. The molecule has 0 saturated carbocycles. The van der Waals surface area contributed by atoms with Gasteiger partial charge in [-0.2, -0.15) is 0 Å². The summed E-state index contributed by atoms with van der Waals surface area (Å²) in [6, 6.07) is 0. The number of hydrogen-bond donors (Lipinski definition) is 2. The minimum absolute atomic E-state index is 0.0343. The first kappa shape index (κ1) is 49.2. The van der Waals surface area contributed by atoms with Crippen LogP contribution in [-0.2, 0) is 32.7 Å². The number of unbranched alkanes of at least 4 members (excludes halogenated alkanes) is 7. The third kappa shape index (κ3) is 37.0. The first-order valence-electron chi connectivity index (χ1n) is 19.5. The number of carbonyl (C=O) groups excluding carboxylic acids is 2. The van der Waals surface area contributed by atoms with E-state index >= 15 is 0 Å². The van der Waals surface area contributed by atoms with Crippen molar-refractivity contribution in [3.8, 4) is 0 Å². The molecule has 9 nitrogen and oxygen atoms in total. The van der Waals surface area contributed by atoms with Crippen molar-refractivity contribution in [2.24, 2.45) is 0 Å². The first-order chi connectivity index (χ1) is 25.3. The molecule has 296 valence electrons. The standard InChI is InChI=1S/C42H70NO8P/c1-4-6-8-10-12-14-16-17-18-19-20-21-22-23-25-26-28-30-32-34-41(44)48-38-40(39-50-52(46,47)49-37-36-43-3)51-42(45)35-33-31-29-27-24-15-13-11-9-7-5-2/h6,8,11-14,17-18,20-21,23,25,28,30,40,43H,4-5,7,9-10,15-16,19,22,24,26-27,29,31-39H2,1-3H3,(H,46,47)/b8-6-,13-11-,14-12-,18-17-,21-20-,25-23-,30-28-. The Bertz CT molecular complexity index is 1130. The van der Waals surface area contributed by atoms with Crippen LogP contribution in [0.5, 0.6) is 0 Å². The highest BCUT2D eigenvalue weighted by atomic mass is 31.2. The van der Waals surface area contributed by atoms with Gasteiger partial charge >= 0.3 is 19.8 Å². The molecule has 10 heteroatoms. The lowest BCUT2D eigenvalue weighted by Gasteiger charge is -2.20. The first-order valence-corrected chi connectivity index (χ1v) is 21.0. The summed E-state index contributed by atoms with van der Waals surface area (Å²) >= 11 is 0. The molecule has 0 aromatic carbocycles. The summed E-state index contributed by atoms with van der Waals surface area (Å²) in [6.45, 7) is 3.94. The zero-order chi connectivity index (χ0) is 38.2. The lowest BCUT2D eigenvalue weighted by atomic mass is 10.1. The molecule has 0 radical (unpaired) electrons. The molecule has 0 aromatic rings. The highest BCUT2D eigenvalue weighted by Gasteiger charge is 2.26. The second kappa shape index (κ2) is 37.9. The van der Waals surface area contributed by atoms with Crippen LogP contribution in [0.3, 0.4) is 0 Å². The number of rotatable bonds is 35. The Morgan fingerprint density at radius 3 is 1.71 bits per heavy atom. The van der Waals surface area contributed by atoms with Gasteiger partial charge in [-0.3, -0.25) is 18.6 Å². The SMILES string of the molecule is CC/C=C\C/C=C\C/C=C\C/C=C\C/C=C\C/C=C\CCC(=O)OCC(COP(=O)(O)OCCNC)OC(=O)CCCCCCC/C=C\CCCC. The number of likely N-dealkylation sites (N-methyl/N-ethyl adjacent to an activating group) is 1. The molecular weight excluding hydrogens is 677 g/mol. The third-order valence-electron chi connectivity index (χ3n) is 7.51. The maximum absolute atomic E-state index is 12.5. The molecule has 0 amide bonds. The summed E-state index contributed by atoms with van der Waals surface area (Å²) in [5, 5.41) is 2.81. The zero-order valence-electron chi connectivity index (χ0n) is 32.5. The van der Waals surface area contributed by atoms with Gasteiger partial charge in [-0.25, -0.2) is 4.57 Å². The van der Waals surface area contributed by atoms with Gasteiger partial charge in [0.2, 0.25) is 0 Å². The average Bonchev–Trinajstić information content (AvgIpc) is 3.12. The van der Waals surface area contributed by atoms with Crippen LogP contribution in [0.15, 0.2) is 85.1 Å². The van der Waals surface area contributed by atoms with Crippen molar-refractivity contribution in [1.82, 2.24) is 5.32 Å². The minimum Gasteiger partial charge on any atom is -0.462 e. The minimum atomic E-state index is -4.37. The fourth-order valence-corrected chi connectivity index (χ4v) is 5.31. The van der Waals surface area contributed by atoms with Gasteiger partial charge in [0.05, 0.1) is 13.2 Å². The molecule has 0 aliphatic carbocycles. The van der Waals surface area contributed by atoms with Gasteiger partial charge in [-0.05, 0) is 77.7 Å². The van der Waals surface area contributed by atoms with E-state index in [0.29, 0.717) is 19.4 Å². The second-order valence-electron chi connectivity index (χ2n) is 12.4. The van der Waals surface area contributed by atoms with Crippen molar-refractivity contribution in [2.45, 2.75) is 136 Å². The number of phosphoric acid groups is 1. The molecule has 0 spiro atoms. The predicted octanol–water partition coefficient (Wildman–Crippen LogP) is 10.7. The van der Waals surface area contributed by atoms with E-state index in [1.54, 1.807) is 7.05 Å². The van der Waals surface area contributed by atoms with Crippen LogP contribution in [0.4, 0.5) is 0 Å². The van der Waals surface area contributed by atoms with Gasteiger partial charge < -0.3 is 19.7 Å². The van der Waals surface area contributed by atoms with Crippen molar-refractivity contribution in [3.63, 3.8) is 0 Å². The largest absolute Gasteiger partial charge is 0.472 e. The van der Waals surface area contributed by atoms with Crippen LogP contribution in [0.1, 0.15) is 129 Å². The van der Waals surface area contributed by atoms with Crippen LogP contribution < -0.4 is 5.32 Å². The van der Waals surface area contributed by atoms with E-state index in [0.717, 1.165) is 77.0 Å². The van der Waals surface area contributed by atoms with E-state index in [4.69, 9.17) is 18.5 Å². The summed E-state index contributed by atoms with van der Waals surface area (Å²) in [4.78, 5) is 34.9. The van der Waals surface area contributed by atoms with Crippen LogP contribution in [-0.4, -0.2) is 56.3 Å². The number of phosphoric ester groups is 1. The predicted molar refractivity (Wildman–Crippen MR) is 215 cm³/mol. The third-order valence-corrected chi connectivity index (χ3v) is 8.50. The maximum atomic E-state index is 12.5. The average molecular weight is 748 g/mol. The molecule has 0 bridgehead atoms. The zero-order valence-corrected chi connectivity index (χ0v) is 33.4. The number of hydrogen-bond acceptors (Lipinski definition) is 8. The quantitative estimate of drug-likeness (QED) is 0.0282. The number of allylic oxidation sites excluding steroid dienone is 14. The fourth-order valence-electron chi connectivity index (χ4n) is 4.56. The van der Waals surface area contributed by atoms with Gasteiger partial charge in [0, 0.05) is 19.4 Å². The van der Waals surface area contributed by atoms with Crippen molar-refractivity contribution < 1.29 is 37.6 Å². The second-order valence-corrected chi connectivity index (χ2v) is 13.8. The molecule has 2 unspecified atom stereocenters. The molecule has 0 saturated heterocycles. The Kier molecular flexibility index (Phi) is 35.9. The van der Waals surface area contributed by atoms with Crippen molar-refractivity contribution in [2.75, 3.05) is 33.4 Å². The van der Waals surface area contributed by atoms with Gasteiger partial charge in [0.25, 0.3) is 0 Å².